The fourth-order valence-corrected chi connectivity index (χ4v) is 2.62. The van der Waals surface area contributed by atoms with Crippen molar-refractivity contribution >= 4 is 23.4 Å². The van der Waals surface area contributed by atoms with Crippen molar-refractivity contribution in [3.8, 4) is 17.0 Å². The van der Waals surface area contributed by atoms with Crippen molar-refractivity contribution < 1.29 is 19.4 Å². The van der Waals surface area contributed by atoms with E-state index in [2.05, 4.69) is 25.6 Å². The number of rotatable bonds is 8. The number of nitrogens with zero attached hydrogens (tertiary/aromatic N) is 3. The van der Waals surface area contributed by atoms with Crippen LogP contribution in [-0.2, 0) is 4.74 Å². The van der Waals surface area contributed by atoms with Crippen LogP contribution in [-0.4, -0.2) is 53.4 Å². The second-order valence-corrected chi connectivity index (χ2v) is 5.88. The Morgan fingerprint density at radius 3 is 2.59 bits per heavy atom. The van der Waals surface area contributed by atoms with E-state index in [0.29, 0.717) is 41.0 Å². The summed E-state index contributed by atoms with van der Waals surface area (Å²) in [5.41, 5.74) is 2.55. The first-order chi connectivity index (χ1) is 14.1. The molecular weight excluding hydrogens is 374 g/mol. The lowest BCUT2D eigenvalue weighted by atomic mass is 10.1. The SMILES string of the molecule is COC(=O)c1ccc(Nc2cc(-c3ccncc3)nc(NCCO)n2)cc1OC. The molecule has 0 aliphatic rings. The molecule has 0 amide bonds. The Bertz CT molecular complexity index is 982. The van der Waals surface area contributed by atoms with Gasteiger partial charge in [0, 0.05) is 42.3 Å². The molecule has 0 saturated heterocycles. The van der Waals surface area contributed by atoms with Gasteiger partial charge in [-0.05, 0) is 24.3 Å². The van der Waals surface area contributed by atoms with Gasteiger partial charge in [0.1, 0.15) is 17.1 Å². The first kappa shape index (κ1) is 20.0. The summed E-state index contributed by atoms with van der Waals surface area (Å²) in [6, 6.07) is 10.5. The number of benzene rings is 1. The van der Waals surface area contributed by atoms with E-state index in [1.54, 1.807) is 36.7 Å². The molecule has 0 unspecified atom stereocenters. The minimum absolute atomic E-state index is 0.0439. The van der Waals surface area contributed by atoms with Gasteiger partial charge >= 0.3 is 5.97 Å². The summed E-state index contributed by atoms with van der Waals surface area (Å²) >= 11 is 0. The van der Waals surface area contributed by atoms with Crippen molar-refractivity contribution in [2.75, 3.05) is 38.0 Å². The lowest BCUT2D eigenvalue weighted by molar-refractivity contribution is 0.0597. The summed E-state index contributed by atoms with van der Waals surface area (Å²) in [5.74, 6) is 0.795. The highest BCUT2D eigenvalue weighted by Crippen LogP contribution is 2.27. The van der Waals surface area contributed by atoms with Crippen LogP contribution in [0.3, 0.4) is 0 Å². The largest absolute Gasteiger partial charge is 0.496 e. The number of esters is 1. The Labute approximate surface area is 167 Å². The molecule has 9 heteroatoms. The third-order valence-electron chi connectivity index (χ3n) is 3.98. The zero-order chi connectivity index (χ0) is 20.6. The van der Waals surface area contributed by atoms with Crippen LogP contribution in [0.25, 0.3) is 11.3 Å². The second kappa shape index (κ2) is 9.47. The Morgan fingerprint density at radius 1 is 1.10 bits per heavy atom. The van der Waals surface area contributed by atoms with Crippen LogP contribution in [0, 0.1) is 0 Å². The maximum Gasteiger partial charge on any atom is 0.341 e. The minimum Gasteiger partial charge on any atom is -0.496 e. The van der Waals surface area contributed by atoms with Crippen molar-refractivity contribution in [2.24, 2.45) is 0 Å². The number of aromatic nitrogens is 3. The molecule has 150 valence electrons. The molecule has 0 aliphatic carbocycles. The second-order valence-electron chi connectivity index (χ2n) is 5.88. The molecule has 0 spiro atoms. The fraction of sp³-hybridized carbons (Fsp3) is 0.200. The summed E-state index contributed by atoms with van der Waals surface area (Å²) in [7, 11) is 2.80. The molecule has 2 aromatic heterocycles. The minimum atomic E-state index is -0.481. The molecular formula is C20H21N5O4. The maximum absolute atomic E-state index is 11.8. The molecule has 3 aromatic rings. The first-order valence-electron chi connectivity index (χ1n) is 8.82. The average Bonchev–Trinajstić information content (AvgIpc) is 2.77. The topological polar surface area (TPSA) is 118 Å². The third kappa shape index (κ3) is 4.96. The summed E-state index contributed by atoms with van der Waals surface area (Å²) in [6.07, 6.45) is 3.36. The van der Waals surface area contributed by atoms with Gasteiger partial charge in [-0.2, -0.15) is 4.98 Å². The molecule has 0 saturated carbocycles. The van der Waals surface area contributed by atoms with Gasteiger partial charge in [-0.1, -0.05) is 0 Å². The number of methoxy groups -OCH3 is 2. The summed E-state index contributed by atoms with van der Waals surface area (Å²) in [6.45, 7) is 0.276. The van der Waals surface area contributed by atoms with E-state index in [4.69, 9.17) is 14.6 Å². The van der Waals surface area contributed by atoms with Crippen LogP contribution in [0.5, 0.6) is 5.75 Å². The lowest BCUT2D eigenvalue weighted by Gasteiger charge is -2.13. The highest BCUT2D eigenvalue weighted by molar-refractivity contribution is 5.93. The molecule has 3 N–H and O–H groups in total. The van der Waals surface area contributed by atoms with Gasteiger partial charge in [0.25, 0.3) is 0 Å². The summed E-state index contributed by atoms with van der Waals surface area (Å²) in [4.78, 5) is 24.8. The molecule has 0 fully saturated rings. The Kier molecular flexibility index (Phi) is 6.54. The molecule has 0 atom stereocenters. The Morgan fingerprint density at radius 2 is 1.90 bits per heavy atom. The predicted octanol–water partition coefficient (Wildman–Crippen LogP) is 2.48. The fourth-order valence-electron chi connectivity index (χ4n) is 2.62. The van der Waals surface area contributed by atoms with E-state index >= 15 is 0 Å². The third-order valence-corrected chi connectivity index (χ3v) is 3.98. The Hall–Kier alpha value is -3.72. The van der Waals surface area contributed by atoms with Gasteiger partial charge in [0.2, 0.25) is 5.95 Å². The van der Waals surface area contributed by atoms with Crippen LogP contribution >= 0.6 is 0 Å². The number of aliphatic hydroxyl groups is 1. The molecule has 0 bridgehead atoms. The van der Waals surface area contributed by atoms with Crippen molar-refractivity contribution in [1.29, 1.82) is 0 Å². The van der Waals surface area contributed by atoms with E-state index in [9.17, 15) is 4.79 Å². The van der Waals surface area contributed by atoms with Gasteiger partial charge in [-0.15, -0.1) is 0 Å². The zero-order valence-corrected chi connectivity index (χ0v) is 16.0. The molecule has 2 heterocycles. The molecule has 0 aliphatic heterocycles. The van der Waals surface area contributed by atoms with Crippen LogP contribution in [0.15, 0.2) is 48.8 Å². The zero-order valence-electron chi connectivity index (χ0n) is 16.0. The monoisotopic (exact) mass is 395 g/mol. The number of carbonyl (C=O) groups is 1. The number of pyridine rings is 1. The van der Waals surface area contributed by atoms with Gasteiger partial charge < -0.3 is 25.2 Å². The molecule has 9 nitrogen and oxygen atoms in total. The van der Waals surface area contributed by atoms with Gasteiger partial charge in [0.15, 0.2) is 0 Å². The van der Waals surface area contributed by atoms with E-state index in [1.165, 1.54) is 14.2 Å². The highest BCUT2D eigenvalue weighted by Gasteiger charge is 2.14. The smallest absolute Gasteiger partial charge is 0.341 e. The number of aliphatic hydroxyl groups excluding tert-OH is 1. The predicted molar refractivity (Wildman–Crippen MR) is 108 cm³/mol. The normalized spacial score (nSPS) is 10.3. The first-order valence-corrected chi connectivity index (χ1v) is 8.82. The molecule has 29 heavy (non-hydrogen) atoms. The van der Waals surface area contributed by atoms with E-state index in [1.807, 2.05) is 12.1 Å². The van der Waals surface area contributed by atoms with Crippen molar-refractivity contribution in [2.45, 2.75) is 0 Å². The number of hydrogen-bond donors (Lipinski definition) is 3. The number of hydrogen-bond acceptors (Lipinski definition) is 9. The van der Waals surface area contributed by atoms with Gasteiger partial charge in [-0.25, -0.2) is 9.78 Å². The molecule has 1 aromatic carbocycles. The van der Waals surface area contributed by atoms with Crippen LogP contribution in [0.1, 0.15) is 10.4 Å². The summed E-state index contributed by atoms with van der Waals surface area (Å²) in [5, 5.41) is 15.2. The highest BCUT2D eigenvalue weighted by atomic mass is 16.5. The number of anilines is 3. The number of carbonyl (C=O) groups excluding carboxylic acids is 1. The number of ether oxygens (including phenoxy) is 2. The molecule has 3 rings (SSSR count). The van der Waals surface area contributed by atoms with Crippen LogP contribution in [0.4, 0.5) is 17.5 Å². The van der Waals surface area contributed by atoms with Crippen LogP contribution < -0.4 is 15.4 Å². The van der Waals surface area contributed by atoms with Crippen molar-refractivity contribution in [3.05, 3.63) is 54.4 Å². The number of nitrogens with one attached hydrogen (secondary N) is 2. The van der Waals surface area contributed by atoms with E-state index < -0.39 is 5.97 Å². The standard InChI is InChI=1S/C20H21N5O4/c1-28-17-11-14(3-4-15(17)19(27)29-2)23-18-12-16(13-5-7-21-8-6-13)24-20(25-18)22-9-10-26/h3-8,11-12,26H,9-10H2,1-2H3,(H2,22,23,24,25). The summed E-state index contributed by atoms with van der Waals surface area (Å²) < 4.78 is 10.1. The Balaban J connectivity index is 1.94. The average molecular weight is 395 g/mol. The molecule has 0 radical (unpaired) electrons. The van der Waals surface area contributed by atoms with Gasteiger partial charge in [0.05, 0.1) is 26.5 Å². The van der Waals surface area contributed by atoms with Gasteiger partial charge in [-0.3, -0.25) is 4.98 Å². The van der Waals surface area contributed by atoms with Crippen LogP contribution in [0.2, 0.25) is 0 Å². The quantitative estimate of drug-likeness (QED) is 0.494. The van der Waals surface area contributed by atoms with Crippen molar-refractivity contribution in [1.82, 2.24) is 15.0 Å². The van der Waals surface area contributed by atoms with E-state index in [0.717, 1.165) is 5.56 Å². The van der Waals surface area contributed by atoms with Crippen molar-refractivity contribution in [3.63, 3.8) is 0 Å². The maximum atomic E-state index is 11.8. The lowest BCUT2D eigenvalue weighted by Crippen LogP contribution is -2.10. The van der Waals surface area contributed by atoms with E-state index in [-0.39, 0.29) is 6.61 Å².